The Morgan fingerprint density at radius 1 is 1.06 bits per heavy atom. The van der Waals surface area contributed by atoms with E-state index in [-0.39, 0.29) is 5.56 Å². The smallest absolute Gasteiger partial charge is 0.308 e. The van der Waals surface area contributed by atoms with Crippen molar-refractivity contribution in [1.82, 2.24) is 5.32 Å². The lowest BCUT2D eigenvalue weighted by molar-refractivity contribution is -0.140. The number of halogens is 5. The summed E-state index contributed by atoms with van der Waals surface area (Å²) >= 11 is 0. The van der Waals surface area contributed by atoms with Crippen molar-refractivity contribution in [1.29, 1.82) is 0 Å². The largest absolute Gasteiger partial charge is 0.390 e. The standard InChI is InChI=1S/C12H14F5N/c1-9(7-12(15,16)17)18-8-11(13,14)10-5-3-2-4-6-10/h2-6,9,18H,7-8H2,1H3. The van der Waals surface area contributed by atoms with Gasteiger partial charge in [-0.1, -0.05) is 30.3 Å². The van der Waals surface area contributed by atoms with Gasteiger partial charge in [-0.05, 0) is 6.92 Å². The summed E-state index contributed by atoms with van der Waals surface area (Å²) in [5.74, 6) is -3.18. The zero-order chi connectivity index (χ0) is 13.8. The Morgan fingerprint density at radius 2 is 1.61 bits per heavy atom. The Labute approximate surface area is 102 Å². The third-order valence-electron chi connectivity index (χ3n) is 2.41. The second kappa shape index (κ2) is 5.65. The van der Waals surface area contributed by atoms with Gasteiger partial charge in [-0.3, -0.25) is 0 Å². The van der Waals surface area contributed by atoms with Crippen molar-refractivity contribution in [2.75, 3.05) is 6.54 Å². The van der Waals surface area contributed by atoms with E-state index < -0.39 is 31.1 Å². The van der Waals surface area contributed by atoms with Crippen LogP contribution in [-0.2, 0) is 5.92 Å². The van der Waals surface area contributed by atoms with Gasteiger partial charge >= 0.3 is 6.18 Å². The summed E-state index contributed by atoms with van der Waals surface area (Å²) in [6.45, 7) is 0.419. The number of alkyl halides is 5. The van der Waals surface area contributed by atoms with Crippen LogP contribution in [0.1, 0.15) is 18.9 Å². The molecule has 0 radical (unpaired) electrons. The fourth-order valence-corrected chi connectivity index (χ4v) is 1.51. The van der Waals surface area contributed by atoms with Crippen molar-refractivity contribution in [2.45, 2.75) is 31.5 Å². The van der Waals surface area contributed by atoms with Crippen molar-refractivity contribution in [2.24, 2.45) is 0 Å². The van der Waals surface area contributed by atoms with Crippen LogP contribution in [0.5, 0.6) is 0 Å². The van der Waals surface area contributed by atoms with Gasteiger partial charge in [0.25, 0.3) is 5.92 Å². The number of nitrogens with one attached hydrogen (secondary N) is 1. The van der Waals surface area contributed by atoms with Crippen molar-refractivity contribution >= 4 is 0 Å². The fourth-order valence-electron chi connectivity index (χ4n) is 1.51. The Hall–Kier alpha value is -1.17. The minimum Gasteiger partial charge on any atom is -0.308 e. The van der Waals surface area contributed by atoms with E-state index >= 15 is 0 Å². The molecule has 1 nitrogen and oxygen atoms in total. The third-order valence-corrected chi connectivity index (χ3v) is 2.41. The molecule has 1 aromatic carbocycles. The van der Waals surface area contributed by atoms with E-state index in [9.17, 15) is 22.0 Å². The molecular weight excluding hydrogens is 253 g/mol. The van der Waals surface area contributed by atoms with Gasteiger partial charge in [-0.2, -0.15) is 22.0 Å². The molecule has 6 heteroatoms. The molecule has 1 unspecified atom stereocenters. The van der Waals surface area contributed by atoms with Gasteiger partial charge in [-0.25, -0.2) is 0 Å². The lowest BCUT2D eigenvalue weighted by Gasteiger charge is -2.21. The maximum absolute atomic E-state index is 13.6. The van der Waals surface area contributed by atoms with Crippen LogP contribution < -0.4 is 5.32 Å². The molecule has 0 aliphatic carbocycles. The maximum Gasteiger partial charge on any atom is 0.390 e. The molecular formula is C12H14F5N. The topological polar surface area (TPSA) is 12.0 Å². The number of benzene rings is 1. The zero-order valence-electron chi connectivity index (χ0n) is 9.77. The van der Waals surface area contributed by atoms with Gasteiger partial charge in [0, 0.05) is 11.6 Å². The van der Waals surface area contributed by atoms with Gasteiger partial charge in [0.05, 0.1) is 13.0 Å². The second-order valence-corrected chi connectivity index (χ2v) is 4.17. The molecule has 1 aromatic rings. The summed E-state index contributed by atoms with van der Waals surface area (Å²) in [6.07, 6.45) is -5.48. The van der Waals surface area contributed by atoms with Crippen molar-refractivity contribution in [3.63, 3.8) is 0 Å². The minimum absolute atomic E-state index is 0.211. The monoisotopic (exact) mass is 267 g/mol. The van der Waals surface area contributed by atoms with Crippen LogP contribution in [0.3, 0.4) is 0 Å². The Bertz CT molecular complexity index is 360. The van der Waals surface area contributed by atoms with Crippen LogP contribution >= 0.6 is 0 Å². The van der Waals surface area contributed by atoms with E-state index in [1.54, 1.807) is 6.07 Å². The van der Waals surface area contributed by atoms with E-state index in [0.29, 0.717) is 0 Å². The molecule has 0 amide bonds. The fraction of sp³-hybridized carbons (Fsp3) is 0.500. The molecule has 1 rings (SSSR count). The van der Waals surface area contributed by atoms with Crippen LogP contribution in [0.25, 0.3) is 0 Å². The van der Waals surface area contributed by atoms with E-state index in [2.05, 4.69) is 5.32 Å². The molecule has 0 bridgehead atoms. The van der Waals surface area contributed by atoms with Gasteiger partial charge in [0.15, 0.2) is 0 Å². The highest BCUT2D eigenvalue weighted by Gasteiger charge is 2.34. The summed E-state index contributed by atoms with van der Waals surface area (Å²) in [4.78, 5) is 0. The Morgan fingerprint density at radius 3 is 2.11 bits per heavy atom. The van der Waals surface area contributed by atoms with Crippen molar-refractivity contribution in [3.8, 4) is 0 Å². The van der Waals surface area contributed by atoms with Gasteiger partial charge in [-0.15, -0.1) is 0 Å². The first kappa shape index (κ1) is 14.9. The molecule has 0 saturated carbocycles. The average molecular weight is 267 g/mol. The lowest BCUT2D eigenvalue weighted by Crippen LogP contribution is -2.38. The maximum atomic E-state index is 13.6. The molecule has 1 N–H and O–H groups in total. The normalized spacial score (nSPS) is 14.6. The number of rotatable bonds is 5. The van der Waals surface area contributed by atoms with E-state index in [4.69, 9.17) is 0 Å². The van der Waals surface area contributed by atoms with Crippen LogP contribution in [0, 0.1) is 0 Å². The first-order valence-corrected chi connectivity index (χ1v) is 5.44. The summed E-state index contributed by atoms with van der Waals surface area (Å²) in [7, 11) is 0. The first-order chi connectivity index (χ1) is 8.21. The highest BCUT2D eigenvalue weighted by molar-refractivity contribution is 5.20. The lowest BCUT2D eigenvalue weighted by atomic mass is 10.1. The molecule has 0 spiro atoms. The first-order valence-electron chi connectivity index (χ1n) is 5.44. The molecule has 1 atom stereocenters. The van der Waals surface area contributed by atoms with Crippen LogP contribution in [0.4, 0.5) is 22.0 Å². The molecule has 102 valence electrons. The summed E-state index contributed by atoms with van der Waals surface area (Å²) in [5.41, 5.74) is -0.211. The highest BCUT2D eigenvalue weighted by atomic mass is 19.4. The molecule has 0 saturated heterocycles. The number of hydrogen-bond acceptors (Lipinski definition) is 1. The summed E-state index contributed by atoms with van der Waals surface area (Å²) < 4.78 is 63.3. The quantitative estimate of drug-likeness (QED) is 0.802. The molecule has 0 aromatic heterocycles. The second-order valence-electron chi connectivity index (χ2n) is 4.17. The van der Waals surface area contributed by atoms with Crippen molar-refractivity contribution < 1.29 is 22.0 Å². The summed E-state index contributed by atoms with van der Waals surface area (Å²) in [6, 6.07) is 5.97. The van der Waals surface area contributed by atoms with Crippen LogP contribution in [-0.4, -0.2) is 18.8 Å². The minimum atomic E-state index is -4.35. The average Bonchev–Trinajstić information content (AvgIpc) is 2.26. The number of hydrogen-bond donors (Lipinski definition) is 1. The van der Waals surface area contributed by atoms with Gasteiger partial charge < -0.3 is 5.32 Å². The Kier molecular flexibility index (Phi) is 4.67. The van der Waals surface area contributed by atoms with E-state index in [1.807, 2.05) is 0 Å². The van der Waals surface area contributed by atoms with Crippen LogP contribution in [0.15, 0.2) is 30.3 Å². The molecule has 0 heterocycles. The predicted molar refractivity (Wildman–Crippen MR) is 58.5 cm³/mol. The van der Waals surface area contributed by atoms with Crippen LogP contribution in [0.2, 0.25) is 0 Å². The summed E-state index contributed by atoms with van der Waals surface area (Å²) in [5, 5.41) is 2.21. The highest BCUT2D eigenvalue weighted by Crippen LogP contribution is 2.27. The molecule has 0 aliphatic rings. The Balaban J connectivity index is 2.52. The zero-order valence-corrected chi connectivity index (χ0v) is 9.77. The van der Waals surface area contributed by atoms with Gasteiger partial charge in [0.1, 0.15) is 0 Å². The molecule has 18 heavy (non-hydrogen) atoms. The van der Waals surface area contributed by atoms with Gasteiger partial charge in [0.2, 0.25) is 0 Å². The predicted octanol–water partition coefficient (Wildman–Crippen LogP) is 3.71. The third kappa shape index (κ3) is 5.00. The van der Waals surface area contributed by atoms with E-state index in [0.717, 1.165) is 0 Å². The SMILES string of the molecule is CC(CC(F)(F)F)NCC(F)(F)c1ccccc1. The molecule has 0 aliphatic heterocycles. The van der Waals surface area contributed by atoms with Crippen molar-refractivity contribution in [3.05, 3.63) is 35.9 Å². The van der Waals surface area contributed by atoms with E-state index in [1.165, 1.54) is 31.2 Å². The molecule has 0 fully saturated rings.